The Morgan fingerprint density at radius 2 is 1.86 bits per heavy atom. The topological polar surface area (TPSA) is 58.4 Å². The van der Waals surface area contributed by atoms with Crippen molar-refractivity contribution in [2.24, 2.45) is 0 Å². The van der Waals surface area contributed by atoms with Gasteiger partial charge in [-0.2, -0.15) is 5.10 Å². The molecule has 1 aromatic heterocycles. The SMILES string of the molecule is [NH3+]Cc1ccc(Cn2cncn2)cc1. The van der Waals surface area contributed by atoms with E-state index in [1.54, 1.807) is 17.3 Å². The predicted octanol–water partition coefficient (Wildman–Crippen LogP) is 0.0683. The van der Waals surface area contributed by atoms with Crippen LogP contribution in [0.4, 0.5) is 0 Å². The highest BCUT2D eigenvalue weighted by Gasteiger charge is 1.96. The average molecular weight is 189 g/mol. The van der Waals surface area contributed by atoms with Gasteiger partial charge in [0.15, 0.2) is 0 Å². The van der Waals surface area contributed by atoms with Crippen LogP contribution >= 0.6 is 0 Å². The lowest BCUT2D eigenvalue weighted by Crippen LogP contribution is -2.47. The summed E-state index contributed by atoms with van der Waals surface area (Å²) < 4.78 is 1.80. The Labute approximate surface area is 82.4 Å². The maximum absolute atomic E-state index is 4.05. The van der Waals surface area contributed by atoms with Crippen molar-refractivity contribution in [1.82, 2.24) is 14.8 Å². The summed E-state index contributed by atoms with van der Waals surface area (Å²) in [5, 5.41) is 4.05. The van der Waals surface area contributed by atoms with E-state index in [-0.39, 0.29) is 0 Å². The highest BCUT2D eigenvalue weighted by Crippen LogP contribution is 2.04. The molecular formula is C10H13N4+. The molecule has 0 spiro atoms. The van der Waals surface area contributed by atoms with Gasteiger partial charge < -0.3 is 5.73 Å². The average Bonchev–Trinajstić information content (AvgIpc) is 2.72. The Balaban J connectivity index is 2.10. The van der Waals surface area contributed by atoms with E-state index in [0.29, 0.717) is 0 Å². The van der Waals surface area contributed by atoms with Crippen molar-refractivity contribution in [2.45, 2.75) is 13.1 Å². The van der Waals surface area contributed by atoms with E-state index in [4.69, 9.17) is 0 Å². The zero-order valence-corrected chi connectivity index (χ0v) is 7.93. The summed E-state index contributed by atoms with van der Waals surface area (Å²) in [6.45, 7) is 1.61. The van der Waals surface area contributed by atoms with Gasteiger partial charge >= 0.3 is 0 Å². The molecule has 0 amide bonds. The summed E-state index contributed by atoms with van der Waals surface area (Å²) in [7, 11) is 0. The second-order valence-electron chi connectivity index (χ2n) is 3.16. The minimum absolute atomic E-state index is 0.775. The van der Waals surface area contributed by atoms with Crippen LogP contribution in [0.1, 0.15) is 11.1 Å². The van der Waals surface area contributed by atoms with Crippen LogP contribution in [-0.2, 0) is 13.1 Å². The molecule has 3 N–H and O–H groups in total. The number of hydrogen-bond acceptors (Lipinski definition) is 2. The molecule has 0 aliphatic heterocycles. The molecule has 4 nitrogen and oxygen atoms in total. The number of rotatable bonds is 3. The first kappa shape index (κ1) is 8.90. The lowest BCUT2D eigenvalue weighted by atomic mass is 10.1. The molecule has 1 aromatic carbocycles. The van der Waals surface area contributed by atoms with E-state index in [0.717, 1.165) is 13.1 Å². The summed E-state index contributed by atoms with van der Waals surface area (Å²) in [6, 6.07) is 8.39. The molecule has 2 rings (SSSR count). The lowest BCUT2D eigenvalue weighted by Gasteiger charge is -2.01. The van der Waals surface area contributed by atoms with Gasteiger partial charge in [-0.05, 0) is 5.56 Å². The van der Waals surface area contributed by atoms with Crippen LogP contribution in [0.2, 0.25) is 0 Å². The van der Waals surface area contributed by atoms with Crippen molar-refractivity contribution in [3.8, 4) is 0 Å². The number of hydrogen-bond donors (Lipinski definition) is 1. The number of aromatic nitrogens is 3. The highest BCUT2D eigenvalue weighted by molar-refractivity contribution is 5.21. The third-order valence-electron chi connectivity index (χ3n) is 2.12. The molecule has 2 aromatic rings. The normalized spacial score (nSPS) is 10.4. The minimum Gasteiger partial charge on any atom is -0.354 e. The second-order valence-corrected chi connectivity index (χ2v) is 3.16. The van der Waals surface area contributed by atoms with Crippen LogP contribution in [0.5, 0.6) is 0 Å². The van der Waals surface area contributed by atoms with Gasteiger partial charge in [0, 0.05) is 5.56 Å². The predicted molar refractivity (Wildman–Crippen MR) is 52.2 cm³/mol. The Kier molecular flexibility index (Phi) is 2.55. The molecular weight excluding hydrogens is 176 g/mol. The summed E-state index contributed by atoms with van der Waals surface area (Å²) in [6.07, 6.45) is 3.26. The first-order valence-electron chi connectivity index (χ1n) is 4.58. The third-order valence-corrected chi connectivity index (χ3v) is 2.12. The van der Waals surface area contributed by atoms with E-state index in [1.807, 2.05) is 0 Å². The fourth-order valence-electron chi connectivity index (χ4n) is 1.31. The van der Waals surface area contributed by atoms with Crippen LogP contribution in [0.3, 0.4) is 0 Å². The maximum Gasteiger partial charge on any atom is 0.137 e. The van der Waals surface area contributed by atoms with Gasteiger partial charge in [0.05, 0.1) is 13.1 Å². The summed E-state index contributed by atoms with van der Waals surface area (Å²) >= 11 is 0. The molecule has 0 fully saturated rings. The molecule has 1 heterocycles. The molecule has 14 heavy (non-hydrogen) atoms. The van der Waals surface area contributed by atoms with Crippen molar-refractivity contribution in [1.29, 1.82) is 0 Å². The highest BCUT2D eigenvalue weighted by atomic mass is 15.3. The molecule has 0 unspecified atom stereocenters. The molecule has 72 valence electrons. The van der Waals surface area contributed by atoms with Crippen LogP contribution in [0, 0.1) is 0 Å². The van der Waals surface area contributed by atoms with Crippen LogP contribution in [0.25, 0.3) is 0 Å². The molecule has 0 aliphatic carbocycles. The van der Waals surface area contributed by atoms with Crippen LogP contribution < -0.4 is 5.73 Å². The van der Waals surface area contributed by atoms with Crippen molar-refractivity contribution in [3.63, 3.8) is 0 Å². The van der Waals surface area contributed by atoms with Gasteiger partial charge in [0.2, 0.25) is 0 Å². The fraction of sp³-hybridized carbons (Fsp3) is 0.200. The zero-order chi connectivity index (χ0) is 9.80. The first-order chi connectivity index (χ1) is 6.88. The monoisotopic (exact) mass is 189 g/mol. The van der Waals surface area contributed by atoms with Crippen molar-refractivity contribution >= 4 is 0 Å². The number of benzene rings is 1. The maximum atomic E-state index is 4.05. The Morgan fingerprint density at radius 3 is 2.43 bits per heavy atom. The van der Waals surface area contributed by atoms with E-state index in [2.05, 4.69) is 40.1 Å². The van der Waals surface area contributed by atoms with Gasteiger partial charge in [-0.3, -0.25) is 0 Å². The van der Waals surface area contributed by atoms with Gasteiger partial charge in [-0.15, -0.1) is 0 Å². The van der Waals surface area contributed by atoms with E-state index in [1.165, 1.54) is 11.1 Å². The van der Waals surface area contributed by atoms with E-state index in [9.17, 15) is 0 Å². The minimum atomic E-state index is 0.775. The summed E-state index contributed by atoms with van der Waals surface area (Å²) in [5.74, 6) is 0. The van der Waals surface area contributed by atoms with Gasteiger partial charge in [0.25, 0.3) is 0 Å². The van der Waals surface area contributed by atoms with Crippen LogP contribution in [0.15, 0.2) is 36.9 Å². The Morgan fingerprint density at radius 1 is 1.14 bits per heavy atom. The van der Waals surface area contributed by atoms with Gasteiger partial charge in [-0.25, -0.2) is 9.67 Å². The zero-order valence-electron chi connectivity index (χ0n) is 7.93. The summed E-state index contributed by atoms with van der Waals surface area (Å²) in [5.41, 5.74) is 6.32. The first-order valence-corrected chi connectivity index (χ1v) is 4.58. The molecule has 0 aliphatic rings. The lowest BCUT2D eigenvalue weighted by molar-refractivity contribution is -0.386. The third kappa shape index (κ3) is 1.97. The van der Waals surface area contributed by atoms with Gasteiger partial charge in [0.1, 0.15) is 12.7 Å². The quantitative estimate of drug-likeness (QED) is 0.742. The van der Waals surface area contributed by atoms with Crippen molar-refractivity contribution < 1.29 is 5.73 Å². The smallest absolute Gasteiger partial charge is 0.137 e. The molecule has 0 radical (unpaired) electrons. The fourth-order valence-corrected chi connectivity index (χ4v) is 1.31. The Hall–Kier alpha value is -1.68. The summed E-state index contributed by atoms with van der Waals surface area (Å²) in [4.78, 5) is 3.89. The molecule has 0 bridgehead atoms. The van der Waals surface area contributed by atoms with E-state index < -0.39 is 0 Å². The molecule has 0 saturated heterocycles. The molecule has 4 heteroatoms. The van der Waals surface area contributed by atoms with Crippen molar-refractivity contribution in [2.75, 3.05) is 0 Å². The standard InChI is InChI=1S/C10H12N4/c11-5-9-1-3-10(4-2-9)6-14-8-12-7-13-14/h1-4,7-8H,5-6,11H2/p+1. The largest absolute Gasteiger partial charge is 0.354 e. The number of quaternary nitrogens is 1. The van der Waals surface area contributed by atoms with Gasteiger partial charge in [-0.1, -0.05) is 24.3 Å². The van der Waals surface area contributed by atoms with E-state index >= 15 is 0 Å². The van der Waals surface area contributed by atoms with Crippen molar-refractivity contribution in [3.05, 3.63) is 48.0 Å². The Bertz CT molecular complexity index is 377. The number of nitrogens with zero attached hydrogens (tertiary/aromatic N) is 3. The second kappa shape index (κ2) is 4.02. The van der Waals surface area contributed by atoms with Crippen LogP contribution in [-0.4, -0.2) is 14.8 Å². The molecule has 0 saturated carbocycles. The molecule has 0 atom stereocenters.